The first-order valence-electron chi connectivity index (χ1n) is 9.45. The zero-order valence-corrected chi connectivity index (χ0v) is 18.7. The molecule has 1 aromatic heterocycles. The maximum Gasteiger partial charge on any atom is 0.341 e. The number of carbonyl (C=O) groups excluding carboxylic acids is 2. The lowest BCUT2D eigenvalue weighted by atomic mass is 9.95. The minimum absolute atomic E-state index is 0.0260. The molecule has 1 heterocycles. The van der Waals surface area contributed by atoms with Crippen LogP contribution in [-0.2, 0) is 22.4 Å². The van der Waals surface area contributed by atoms with E-state index in [-0.39, 0.29) is 12.2 Å². The van der Waals surface area contributed by atoms with E-state index in [1.165, 1.54) is 17.4 Å². The number of hydrogen-bond donors (Lipinski definition) is 1. The monoisotopic (exact) mass is 472 g/mol. The van der Waals surface area contributed by atoms with Gasteiger partial charge in [0.2, 0.25) is 0 Å². The Balaban J connectivity index is 1.91. The number of amides is 1. The largest absolute Gasteiger partial charge is 0.462 e. The van der Waals surface area contributed by atoms with Gasteiger partial charge in [-0.1, -0.05) is 28.1 Å². The Morgan fingerprint density at radius 2 is 2.10 bits per heavy atom. The summed E-state index contributed by atoms with van der Waals surface area (Å²) in [6.07, 6.45) is 5.30. The van der Waals surface area contributed by atoms with E-state index in [1.807, 2.05) is 31.2 Å². The van der Waals surface area contributed by atoms with Crippen molar-refractivity contribution in [3.63, 3.8) is 0 Å². The quantitative estimate of drug-likeness (QED) is 0.357. The summed E-state index contributed by atoms with van der Waals surface area (Å²) in [4.78, 5) is 26.4. The lowest BCUT2D eigenvalue weighted by molar-refractivity contribution is -0.112. The summed E-state index contributed by atoms with van der Waals surface area (Å²) in [6, 6.07) is 7.57. The Hall–Kier alpha value is -2.43. The highest BCUT2D eigenvalue weighted by atomic mass is 79.9. The van der Waals surface area contributed by atoms with Crippen LogP contribution in [-0.4, -0.2) is 18.5 Å². The molecule has 1 aliphatic carbocycles. The van der Waals surface area contributed by atoms with Gasteiger partial charge < -0.3 is 10.1 Å². The standard InChI is InChI=1S/C22H21BrN2O3S/c1-3-28-22(27)19-16-6-4-5-7-18(16)29-21(19)25-20(26)15(12-24)10-14-9-8-13(2)17(23)11-14/h8-11H,3-7H2,1-2H3,(H,25,26)/b15-10+. The molecule has 1 aromatic carbocycles. The second-order valence-corrected chi connectivity index (χ2v) is 8.73. The fourth-order valence-electron chi connectivity index (χ4n) is 3.26. The fourth-order valence-corrected chi connectivity index (χ4v) is 4.93. The lowest BCUT2D eigenvalue weighted by Crippen LogP contribution is -2.16. The van der Waals surface area contributed by atoms with Gasteiger partial charge in [0.25, 0.3) is 5.91 Å². The van der Waals surface area contributed by atoms with Gasteiger partial charge >= 0.3 is 5.97 Å². The summed E-state index contributed by atoms with van der Waals surface area (Å²) in [5.74, 6) is -0.958. The number of thiophene rings is 1. The van der Waals surface area contributed by atoms with Crippen molar-refractivity contribution in [1.82, 2.24) is 0 Å². The summed E-state index contributed by atoms with van der Waals surface area (Å²) < 4.78 is 6.12. The number of anilines is 1. The SMILES string of the molecule is CCOC(=O)c1c(NC(=O)/C(C#N)=C/c2ccc(C)c(Br)c2)sc2c1CCCC2. The molecule has 0 bridgehead atoms. The topological polar surface area (TPSA) is 79.2 Å². The normalized spacial score (nSPS) is 13.4. The number of ether oxygens (including phenoxy) is 1. The van der Waals surface area contributed by atoms with Crippen molar-refractivity contribution >= 4 is 50.2 Å². The van der Waals surface area contributed by atoms with Gasteiger partial charge in [0.15, 0.2) is 0 Å². The van der Waals surface area contributed by atoms with E-state index in [0.29, 0.717) is 10.6 Å². The van der Waals surface area contributed by atoms with E-state index < -0.39 is 11.9 Å². The Morgan fingerprint density at radius 3 is 2.79 bits per heavy atom. The summed E-state index contributed by atoms with van der Waals surface area (Å²) in [6.45, 7) is 3.98. The van der Waals surface area contributed by atoms with Crippen molar-refractivity contribution < 1.29 is 14.3 Å². The molecule has 0 atom stereocenters. The number of hydrogen-bond acceptors (Lipinski definition) is 5. The molecule has 0 radical (unpaired) electrons. The summed E-state index contributed by atoms with van der Waals surface area (Å²) >= 11 is 4.87. The molecule has 1 aliphatic rings. The molecule has 1 N–H and O–H groups in total. The molecule has 29 heavy (non-hydrogen) atoms. The van der Waals surface area contributed by atoms with Crippen LogP contribution in [0.4, 0.5) is 5.00 Å². The average Bonchev–Trinajstić information content (AvgIpc) is 3.06. The fraction of sp³-hybridized carbons (Fsp3) is 0.318. The second-order valence-electron chi connectivity index (χ2n) is 6.77. The molecule has 1 amide bonds. The molecule has 0 fully saturated rings. The third-order valence-electron chi connectivity index (χ3n) is 4.75. The number of nitriles is 1. The minimum atomic E-state index is -0.534. The van der Waals surface area contributed by atoms with Crippen molar-refractivity contribution in [2.45, 2.75) is 39.5 Å². The van der Waals surface area contributed by atoms with Crippen LogP contribution >= 0.6 is 27.3 Å². The first kappa shape index (κ1) is 21.3. The van der Waals surface area contributed by atoms with Crippen LogP contribution in [0, 0.1) is 18.3 Å². The molecule has 5 nitrogen and oxygen atoms in total. The van der Waals surface area contributed by atoms with Crippen molar-refractivity contribution in [2.24, 2.45) is 0 Å². The lowest BCUT2D eigenvalue weighted by Gasteiger charge is -2.12. The number of nitrogens with zero attached hydrogens (tertiary/aromatic N) is 1. The average molecular weight is 473 g/mol. The van der Waals surface area contributed by atoms with Crippen LogP contribution in [0.15, 0.2) is 28.2 Å². The molecule has 0 spiro atoms. The van der Waals surface area contributed by atoms with Gasteiger partial charge in [0, 0.05) is 9.35 Å². The Kier molecular flexibility index (Phi) is 6.88. The molecule has 0 saturated carbocycles. The highest BCUT2D eigenvalue weighted by Gasteiger charge is 2.27. The van der Waals surface area contributed by atoms with Gasteiger partial charge in [-0.2, -0.15) is 5.26 Å². The first-order valence-corrected chi connectivity index (χ1v) is 11.1. The molecule has 0 saturated heterocycles. The van der Waals surface area contributed by atoms with Gasteiger partial charge in [-0.05, 0) is 68.4 Å². The predicted octanol–water partition coefficient (Wildman–Crippen LogP) is 5.42. The third-order valence-corrected chi connectivity index (χ3v) is 6.81. The molecule has 3 rings (SSSR count). The van der Waals surface area contributed by atoms with E-state index in [9.17, 15) is 14.9 Å². The third kappa shape index (κ3) is 4.77. The molecule has 7 heteroatoms. The van der Waals surface area contributed by atoms with Crippen LogP contribution in [0.3, 0.4) is 0 Å². The number of carbonyl (C=O) groups is 2. The number of aryl methyl sites for hydroxylation is 2. The van der Waals surface area contributed by atoms with Crippen LogP contribution in [0.25, 0.3) is 6.08 Å². The van der Waals surface area contributed by atoms with E-state index in [1.54, 1.807) is 6.92 Å². The number of rotatable bonds is 5. The van der Waals surface area contributed by atoms with E-state index in [4.69, 9.17) is 4.74 Å². The van der Waals surface area contributed by atoms with Gasteiger partial charge in [-0.25, -0.2) is 4.79 Å². The van der Waals surface area contributed by atoms with Gasteiger partial charge in [0.05, 0.1) is 12.2 Å². The zero-order valence-electron chi connectivity index (χ0n) is 16.3. The smallest absolute Gasteiger partial charge is 0.341 e. The highest BCUT2D eigenvalue weighted by Crippen LogP contribution is 2.38. The van der Waals surface area contributed by atoms with E-state index in [2.05, 4.69) is 21.2 Å². The maximum absolute atomic E-state index is 12.8. The molecular formula is C22H21BrN2O3S. The summed E-state index contributed by atoms with van der Waals surface area (Å²) in [5.41, 5.74) is 3.19. The van der Waals surface area contributed by atoms with Crippen LogP contribution in [0.1, 0.15) is 51.7 Å². The second kappa shape index (κ2) is 9.38. The van der Waals surface area contributed by atoms with Crippen molar-refractivity contribution in [3.8, 4) is 6.07 Å². The minimum Gasteiger partial charge on any atom is -0.462 e. The van der Waals surface area contributed by atoms with Crippen molar-refractivity contribution in [1.29, 1.82) is 5.26 Å². The number of benzene rings is 1. The number of esters is 1. The Labute approximate surface area is 182 Å². The Morgan fingerprint density at radius 1 is 1.34 bits per heavy atom. The van der Waals surface area contributed by atoms with Gasteiger partial charge in [-0.15, -0.1) is 11.3 Å². The van der Waals surface area contributed by atoms with E-state index >= 15 is 0 Å². The molecular weight excluding hydrogens is 452 g/mol. The number of nitrogens with one attached hydrogen (secondary N) is 1. The van der Waals surface area contributed by atoms with Gasteiger partial charge in [0.1, 0.15) is 16.6 Å². The van der Waals surface area contributed by atoms with Crippen LogP contribution in [0.2, 0.25) is 0 Å². The summed E-state index contributed by atoms with van der Waals surface area (Å²) in [7, 11) is 0. The molecule has 150 valence electrons. The number of fused-ring (bicyclic) bond motifs is 1. The van der Waals surface area contributed by atoms with Crippen molar-refractivity contribution in [3.05, 3.63) is 55.4 Å². The predicted molar refractivity (Wildman–Crippen MR) is 118 cm³/mol. The van der Waals surface area contributed by atoms with Crippen LogP contribution in [0.5, 0.6) is 0 Å². The molecule has 0 unspecified atom stereocenters. The summed E-state index contributed by atoms with van der Waals surface area (Å²) in [5, 5.41) is 12.8. The Bertz CT molecular complexity index is 1030. The highest BCUT2D eigenvalue weighted by molar-refractivity contribution is 9.10. The zero-order chi connectivity index (χ0) is 21.0. The van der Waals surface area contributed by atoms with E-state index in [0.717, 1.165) is 51.7 Å². The molecule has 2 aromatic rings. The maximum atomic E-state index is 12.8. The molecule has 0 aliphatic heterocycles. The first-order chi connectivity index (χ1) is 13.9. The van der Waals surface area contributed by atoms with Gasteiger partial charge in [-0.3, -0.25) is 4.79 Å². The number of halogens is 1. The van der Waals surface area contributed by atoms with Crippen LogP contribution < -0.4 is 5.32 Å². The van der Waals surface area contributed by atoms with Crippen molar-refractivity contribution in [2.75, 3.05) is 11.9 Å².